The lowest BCUT2D eigenvalue weighted by Crippen LogP contribution is -2.72. The van der Waals surface area contributed by atoms with Gasteiger partial charge in [0.25, 0.3) is 0 Å². The van der Waals surface area contributed by atoms with Crippen molar-refractivity contribution in [3.63, 3.8) is 0 Å². The smallest absolute Gasteiger partial charge is 0.212 e. The summed E-state index contributed by atoms with van der Waals surface area (Å²) in [6.07, 6.45) is 0. The minimum atomic E-state index is -8.08. The lowest BCUT2D eigenvalue weighted by Gasteiger charge is -2.42. The Morgan fingerprint density at radius 3 is 0.741 bits per heavy atom. The van der Waals surface area contributed by atoms with Gasteiger partial charge in [-0.3, -0.25) is 0 Å². The Kier molecular flexibility index (Phi) is 3.68. The lowest BCUT2D eigenvalue weighted by atomic mass is 10.0. The fraction of sp³-hybridized carbons (Fsp3) is 1.00. The van der Waals surface area contributed by atoms with Crippen molar-refractivity contribution in [3.8, 4) is 0 Å². The molecule has 2 aliphatic rings. The molecule has 0 atom stereocenters. The summed E-state index contributed by atoms with van der Waals surface area (Å²) in [4.78, 5) is -4.30. The molecule has 1 nitrogen and oxygen atoms in total. The molecule has 0 N–H and O–H groups in total. The van der Waals surface area contributed by atoms with Crippen molar-refractivity contribution in [2.75, 3.05) is 0 Å². The Labute approximate surface area is 134 Å². The van der Waals surface area contributed by atoms with Gasteiger partial charge in [-0.15, -0.1) is 4.90 Å². The van der Waals surface area contributed by atoms with E-state index in [9.17, 15) is 74.6 Å². The standard InChI is InChI=1S/C9F17N/c10-1(11)2(12,13)4(16,17)7(22,3(1,14)15)27-8(23,24)5(18,19)6(20,21)9(27,25)26. The third kappa shape index (κ3) is 1.63. The summed E-state index contributed by atoms with van der Waals surface area (Å²) >= 11 is 0. The highest BCUT2D eigenvalue weighted by molar-refractivity contribution is 5.30. The zero-order valence-corrected chi connectivity index (χ0v) is 11.4. The SMILES string of the molecule is FC1(F)N(C2(F)C(F)(F)C(F)(F)C(F)(F)C2(F)F)C(F)(F)C(F)(F)C1(F)F. The molecule has 1 aliphatic heterocycles. The maximum absolute atomic E-state index is 14.1. The molecular formula is C9F17N. The lowest BCUT2D eigenvalue weighted by molar-refractivity contribution is -0.409. The minimum Gasteiger partial charge on any atom is -0.212 e. The Bertz CT molecular complexity index is 609. The Morgan fingerprint density at radius 2 is 0.519 bits per heavy atom. The van der Waals surface area contributed by atoms with Crippen LogP contribution in [0.25, 0.3) is 0 Å². The van der Waals surface area contributed by atoms with Crippen LogP contribution in [0.5, 0.6) is 0 Å². The molecule has 0 unspecified atom stereocenters. The summed E-state index contributed by atoms with van der Waals surface area (Å²) in [7, 11) is 0. The zero-order chi connectivity index (χ0) is 22.1. The molecule has 1 saturated carbocycles. The highest BCUT2D eigenvalue weighted by Crippen LogP contribution is 2.75. The molecule has 2 rings (SSSR count). The van der Waals surface area contributed by atoms with E-state index in [4.69, 9.17) is 0 Å². The molecule has 0 aromatic rings. The van der Waals surface area contributed by atoms with E-state index in [2.05, 4.69) is 0 Å². The summed E-state index contributed by atoms with van der Waals surface area (Å²) in [6.45, 7) is 0. The molecule has 0 amide bonds. The molecule has 160 valence electrons. The van der Waals surface area contributed by atoms with E-state index >= 15 is 0 Å². The van der Waals surface area contributed by atoms with Gasteiger partial charge in [-0.2, -0.15) is 70.2 Å². The van der Waals surface area contributed by atoms with Crippen molar-refractivity contribution in [1.29, 1.82) is 0 Å². The molecule has 0 spiro atoms. The van der Waals surface area contributed by atoms with Gasteiger partial charge in [0.2, 0.25) is 0 Å². The largest absolute Gasteiger partial charge is 0.394 e. The van der Waals surface area contributed by atoms with Crippen LogP contribution in [-0.2, 0) is 0 Å². The highest BCUT2D eigenvalue weighted by atomic mass is 19.4. The first-order chi connectivity index (χ1) is 11.4. The topological polar surface area (TPSA) is 3.24 Å². The minimum absolute atomic E-state index is 4.30. The molecule has 27 heavy (non-hydrogen) atoms. The van der Waals surface area contributed by atoms with Crippen LogP contribution < -0.4 is 0 Å². The van der Waals surface area contributed by atoms with Crippen molar-refractivity contribution < 1.29 is 74.6 Å². The van der Waals surface area contributed by atoms with Crippen LogP contribution in [0.3, 0.4) is 0 Å². The number of hydrogen-bond donors (Lipinski definition) is 0. The first-order valence-corrected chi connectivity index (χ1v) is 5.88. The van der Waals surface area contributed by atoms with E-state index in [0.717, 1.165) is 0 Å². The van der Waals surface area contributed by atoms with Crippen molar-refractivity contribution in [2.24, 2.45) is 0 Å². The molecule has 0 radical (unpaired) electrons. The predicted molar refractivity (Wildman–Crippen MR) is 45.3 cm³/mol. The number of alkyl halides is 17. The Morgan fingerprint density at radius 1 is 0.296 bits per heavy atom. The van der Waals surface area contributed by atoms with Crippen molar-refractivity contribution in [2.45, 2.75) is 53.4 Å². The molecule has 0 bridgehead atoms. The van der Waals surface area contributed by atoms with Gasteiger partial charge in [-0.05, 0) is 0 Å². The summed E-state index contributed by atoms with van der Waals surface area (Å²) in [5.74, 6) is -54.8. The third-order valence-electron chi connectivity index (χ3n) is 4.03. The van der Waals surface area contributed by atoms with Crippen LogP contribution in [0.1, 0.15) is 0 Å². The zero-order valence-electron chi connectivity index (χ0n) is 11.4. The number of rotatable bonds is 1. The quantitative estimate of drug-likeness (QED) is 0.407. The third-order valence-corrected chi connectivity index (χ3v) is 4.03. The van der Waals surface area contributed by atoms with Crippen LogP contribution >= 0.6 is 0 Å². The maximum atomic E-state index is 14.1. The second kappa shape index (κ2) is 4.50. The summed E-state index contributed by atoms with van der Waals surface area (Å²) < 4.78 is 224. The molecule has 1 heterocycles. The Hall–Kier alpha value is -1.23. The number of likely N-dealkylation sites (tertiary alicyclic amines) is 1. The maximum Gasteiger partial charge on any atom is 0.394 e. The molecule has 0 aromatic heterocycles. The van der Waals surface area contributed by atoms with Crippen LogP contribution in [-0.4, -0.2) is 58.3 Å². The number of nitrogens with zero attached hydrogens (tertiary/aromatic N) is 1. The fourth-order valence-electron chi connectivity index (χ4n) is 2.51. The number of halogens is 17. The highest BCUT2D eigenvalue weighted by Gasteiger charge is 3.08. The van der Waals surface area contributed by atoms with Gasteiger partial charge in [-0.25, -0.2) is 4.39 Å². The van der Waals surface area contributed by atoms with Gasteiger partial charge >= 0.3 is 53.4 Å². The normalized spacial score (nSPS) is 35.9. The predicted octanol–water partition coefficient (Wildman–Crippen LogP) is 4.98. The van der Waals surface area contributed by atoms with Gasteiger partial charge in [-0.1, -0.05) is 0 Å². The second-order valence-electron chi connectivity index (χ2n) is 5.49. The van der Waals surface area contributed by atoms with Gasteiger partial charge < -0.3 is 0 Å². The van der Waals surface area contributed by atoms with Crippen LogP contribution in [0, 0.1) is 0 Å². The first-order valence-electron chi connectivity index (χ1n) is 5.88. The average molecular weight is 445 g/mol. The van der Waals surface area contributed by atoms with E-state index < -0.39 is 58.3 Å². The molecule has 2 fully saturated rings. The summed E-state index contributed by atoms with van der Waals surface area (Å²) in [5.41, 5.74) is 0. The van der Waals surface area contributed by atoms with Gasteiger partial charge in [0.15, 0.2) is 0 Å². The van der Waals surface area contributed by atoms with E-state index in [1.807, 2.05) is 0 Å². The van der Waals surface area contributed by atoms with Crippen LogP contribution in [0.15, 0.2) is 0 Å². The van der Waals surface area contributed by atoms with Gasteiger partial charge in [0.1, 0.15) is 0 Å². The van der Waals surface area contributed by atoms with Crippen LogP contribution in [0.4, 0.5) is 74.6 Å². The summed E-state index contributed by atoms with van der Waals surface area (Å²) in [6, 6.07) is -15.5. The fourth-order valence-corrected chi connectivity index (χ4v) is 2.51. The second-order valence-corrected chi connectivity index (χ2v) is 5.49. The van der Waals surface area contributed by atoms with E-state index in [-0.39, 0.29) is 0 Å². The molecule has 1 saturated heterocycles. The molecule has 1 aliphatic carbocycles. The van der Waals surface area contributed by atoms with Crippen molar-refractivity contribution >= 4 is 0 Å². The van der Waals surface area contributed by atoms with E-state index in [0.29, 0.717) is 0 Å². The van der Waals surface area contributed by atoms with Crippen molar-refractivity contribution in [1.82, 2.24) is 4.90 Å². The monoisotopic (exact) mass is 445 g/mol. The van der Waals surface area contributed by atoms with Gasteiger partial charge in [0, 0.05) is 0 Å². The summed E-state index contributed by atoms with van der Waals surface area (Å²) in [5, 5.41) is 0. The van der Waals surface area contributed by atoms with Crippen molar-refractivity contribution in [3.05, 3.63) is 0 Å². The Balaban J connectivity index is 2.99. The van der Waals surface area contributed by atoms with E-state index in [1.54, 1.807) is 0 Å². The average Bonchev–Trinajstić information content (AvgIpc) is 2.53. The first kappa shape index (κ1) is 22.1. The van der Waals surface area contributed by atoms with Gasteiger partial charge in [0.05, 0.1) is 0 Å². The molecule has 0 aromatic carbocycles. The van der Waals surface area contributed by atoms with Crippen LogP contribution in [0.2, 0.25) is 0 Å². The molecule has 18 heteroatoms. The molecular weight excluding hydrogens is 445 g/mol. The number of hydrogen-bond acceptors (Lipinski definition) is 1. The van der Waals surface area contributed by atoms with E-state index in [1.165, 1.54) is 0 Å².